The van der Waals surface area contributed by atoms with Gasteiger partial charge in [0.25, 0.3) is 0 Å². The normalized spacial score (nSPS) is 14.1. The number of benzene rings is 3. The molecule has 8 nitrogen and oxygen atoms in total. The van der Waals surface area contributed by atoms with Gasteiger partial charge in [-0.3, -0.25) is 0 Å². The molecule has 0 saturated carbocycles. The van der Waals surface area contributed by atoms with Crippen LogP contribution in [0.2, 0.25) is 0 Å². The Balaban J connectivity index is 1.25. The summed E-state index contributed by atoms with van der Waals surface area (Å²) in [5.74, 6) is 0.933. The number of carboxylic acid groups (broad SMARTS) is 1. The fourth-order valence-electron chi connectivity index (χ4n) is 5.74. The minimum atomic E-state index is -1.30. The largest absolute Gasteiger partial charge is 0.485 e. The van der Waals surface area contributed by atoms with Gasteiger partial charge in [-0.25, -0.2) is 4.79 Å². The second-order valence-electron chi connectivity index (χ2n) is 10.2. The molecule has 0 saturated heterocycles. The number of nitriles is 1. The number of hydrogen-bond donors (Lipinski definition) is 1. The van der Waals surface area contributed by atoms with Crippen LogP contribution in [0.15, 0.2) is 78.4 Å². The van der Waals surface area contributed by atoms with Crippen molar-refractivity contribution in [1.29, 1.82) is 5.26 Å². The number of para-hydroxylation sites is 2. The fourth-order valence-corrected chi connectivity index (χ4v) is 8.20. The second-order valence-corrected chi connectivity index (χ2v) is 12.2. The lowest BCUT2D eigenvalue weighted by atomic mass is 10.1. The van der Waals surface area contributed by atoms with E-state index in [0.717, 1.165) is 36.9 Å². The number of ether oxygens (including phenoxy) is 4. The molecule has 0 fully saturated rings. The quantitative estimate of drug-likeness (QED) is 0.156. The van der Waals surface area contributed by atoms with Gasteiger partial charge in [0.15, 0.2) is 23.0 Å². The summed E-state index contributed by atoms with van der Waals surface area (Å²) in [7, 11) is 0. The zero-order chi connectivity index (χ0) is 29.8. The molecule has 0 unspecified atom stereocenters. The Morgan fingerprint density at radius 2 is 1.25 bits per heavy atom. The third-order valence-electron chi connectivity index (χ3n) is 7.62. The van der Waals surface area contributed by atoms with Crippen molar-refractivity contribution in [3.05, 3.63) is 83.2 Å². The molecule has 0 amide bonds. The highest BCUT2D eigenvalue weighted by Crippen LogP contribution is 2.59. The van der Waals surface area contributed by atoms with Crippen molar-refractivity contribution in [3.63, 3.8) is 0 Å². The maximum Gasteiger partial charge on any atom is 0.346 e. The number of thiophene rings is 2. The Hall–Kier alpha value is -5.24. The van der Waals surface area contributed by atoms with Crippen LogP contribution in [-0.2, 0) is 4.79 Å². The molecule has 6 aromatic rings. The third-order valence-corrected chi connectivity index (χ3v) is 10.1. The molecule has 5 heterocycles. The van der Waals surface area contributed by atoms with Crippen molar-refractivity contribution < 1.29 is 28.8 Å². The van der Waals surface area contributed by atoms with E-state index in [1.807, 2.05) is 0 Å². The molecule has 10 heteroatoms. The number of carbonyl (C=O) groups is 1. The highest BCUT2D eigenvalue weighted by Gasteiger charge is 2.33. The third kappa shape index (κ3) is 4.12. The Morgan fingerprint density at radius 3 is 1.84 bits per heavy atom. The molecular weight excluding hydrogens is 597 g/mol. The average molecular weight is 619 g/mol. The maximum atomic E-state index is 11.6. The minimum absolute atomic E-state index is 0.324. The predicted octanol–water partition coefficient (Wildman–Crippen LogP) is 7.77. The van der Waals surface area contributed by atoms with Crippen LogP contribution in [0, 0.1) is 11.3 Å². The minimum Gasteiger partial charge on any atom is -0.485 e. The summed E-state index contributed by atoms with van der Waals surface area (Å²) < 4.78 is 26.5. The number of aliphatic carboxylic acids is 1. The highest BCUT2D eigenvalue weighted by molar-refractivity contribution is 7.25. The SMILES string of the molecule is N#C/C(=C/c1sc(-c2sc(-c3ccc(-n4c5ccccc5c5ccccc54)cc3)c3c2OCCO3)c2c1OCCO2)C(=O)O. The van der Waals surface area contributed by atoms with Gasteiger partial charge in [0, 0.05) is 16.5 Å². The predicted molar refractivity (Wildman–Crippen MR) is 171 cm³/mol. The zero-order valence-corrected chi connectivity index (χ0v) is 24.7. The van der Waals surface area contributed by atoms with Gasteiger partial charge in [0.2, 0.25) is 0 Å². The first-order valence-electron chi connectivity index (χ1n) is 13.9. The molecule has 2 aliphatic heterocycles. The van der Waals surface area contributed by atoms with Crippen LogP contribution in [0.25, 0.3) is 53.8 Å². The lowest BCUT2D eigenvalue weighted by Crippen LogP contribution is -2.15. The van der Waals surface area contributed by atoms with Crippen molar-refractivity contribution in [2.75, 3.05) is 26.4 Å². The number of rotatable bonds is 5. The first-order valence-corrected chi connectivity index (χ1v) is 15.5. The molecule has 0 radical (unpaired) electrons. The Kier molecular flexibility index (Phi) is 6.29. The van der Waals surface area contributed by atoms with Gasteiger partial charge in [0.05, 0.1) is 30.5 Å². The molecule has 0 spiro atoms. The molecule has 216 valence electrons. The Morgan fingerprint density at radius 1 is 0.727 bits per heavy atom. The van der Waals surface area contributed by atoms with E-state index in [0.29, 0.717) is 54.3 Å². The summed E-state index contributed by atoms with van der Waals surface area (Å²) in [6.07, 6.45) is 1.33. The van der Waals surface area contributed by atoms with Gasteiger partial charge >= 0.3 is 5.97 Å². The number of hydrogen-bond acceptors (Lipinski definition) is 8. The van der Waals surface area contributed by atoms with Crippen LogP contribution in [-0.4, -0.2) is 42.1 Å². The van der Waals surface area contributed by atoms with Crippen LogP contribution >= 0.6 is 22.7 Å². The molecule has 0 aliphatic carbocycles. The molecule has 2 aliphatic rings. The molecule has 8 rings (SSSR count). The van der Waals surface area contributed by atoms with Crippen LogP contribution in [0.1, 0.15) is 4.88 Å². The lowest BCUT2D eigenvalue weighted by molar-refractivity contribution is -0.132. The van der Waals surface area contributed by atoms with E-state index in [1.165, 1.54) is 39.5 Å². The summed E-state index contributed by atoms with van der Waals surface area (Å²) in [5.41, 5.74) is 3.94. The van der Waals surface area contributed by atoms with Crippen LogP contribution in [0.3, 0.4) is 0 Å². The number of aromatic nitrogens is 1. The van der Waals surface area contributed by atoms with E-state index < -0.39 is 5.97 Å². The summed E-state index contributed by atoms with van der Waals surface area (Å²) in [4.78, 5) is 14.5. The first-order chi connectivity index (χ1) is 21.6. The van der Waals surface area contributed by atoms with Crippen molar-refractivity contribution in [2.45, 2.75) is 0 Å². The van der Waals surface area contributed by atoms with E-state index in [9.17, 15) is 15.2 Å². The summed E-state index contributed by atoms with van der Waals surface area (Å²) >= 11 is 2.83. The standard InChI is InChI=1S/C34H22N2O6S2/c35-18-20(34(37)38)17-26-27-28(40-14-13-39-27)32(43-26)33-30-29(41-15-16-42-30)31(44-33)19-9-11-21(12-10-19)36-24-7-3-1-5-22(24)23-6-2-4-8-25(23)36/h1-12,17H,13-16H2,(H,37,38)/b20-17-. The molecular formula is C34H22N2O6S2. The van der Waals surface area contributed by atoms with E-state index in [2.05, 4.69) is 77.4 Å². The Bertz CT molecular complexity index is 2130. The van der Waals surface area contributed by atoms with E-state index >= 15 is 0 Å². The zero-order valence-electron chi connectivity index (χ0n) is 23.0. The van der Waals surface area contributed by atoms with E-state index in [4.69, 9.17) is 18.9 Å². The second kappa shape index (κ2) is 10.5. The van der Waals surface area contributed by atoms with Crippen LogP contribution < -0.4 is 18.9 Å². The monoisotopic (exact) mass is 618 g/mol. The van der Waals surface area contributed by atoms with Gasteiger partial charge in [-0.2, -0.15) is 5.26 Å². The molecule has 0 bridgehead atoms. The Labute approximate surface area is 259 Å². The van der Waals surface area contributed by atoms with Gasteiger partial charge in [-0.15, -0.1) is 22.7 Å². The number of carboxylic acids is 1. The van der Waals surface area contributed by atoms with Gasteiger partial charge in [-0.1, -0.05) is 48.5 Å². The molecule has 44 heavy (non-hydrogen) atoms. The lowest BCUT2D eigenvalue weighted by Gasteiger charge is -2.18. The highest BCUT2D eigenvalue weighted by atomic mass is 32.1. The summed E-state index contributed by atoms with van der Waals surface area (Å²) in [6.45, 7) is 1.50. The van der Waals surface area contributed by atoms with Crippen molar-refractivity contribution in [1.82, 2.24) is 4.57 Å². The summed E-state index contributed by atoms with van der Waals surface area (Å²) in [6, 6.07) is 27.0. The van der Waals surface area contributed by atoms with E-state index in [-0.39, 0.29) is 5.57 Å². The van der Waals surface area contributed by atoms with Crippen molar-refractivity contribution in [3.8, 4) is 54.9 Å². The number of fused-ring (bicyclic) bond motifs is 5. The first kappa shape index (κ1) is 26.4. The van der Waals surface area contributed by atoms with Crippen LogP contribution in [0.5, 0.6) is 23.0 Å². The molecule has 3 aromatic carbocycles. The summed E-state index contributed by atoms with van der Waals surface area (Å²) in [5, 5.41) is 21.2. The van der Waals surface area contributed by atoms with Crippen LogP contribution in [0.4, 0.5) is 0 Å². The smallest absolute Gasteiger partial charge is 0.346 e. The fraction of sp³-hybridized carbons (Fsp3) is 0.118. The average Bonchev–Trinajstić information content (AvgIpc) is 3.73. The molecule has 0 atom stereocenters. The topological polar surface area (TPSA) is 103 Å². The van der Waals surface area contributed by atoms with Crippen molar-refractivity contribution in [2.24, 2.45) is 0 Å². The van der Waals surface area contributed by atoms with Crippen molar-refractivity contribution >= 4 is 56.5 Å². The maximum absolute atomic E-state index is 11.6. The van der Waals surface area contributed by atoms with Gasteiger partial charge in [0.1, 0.15) is 38.1 Å². The molecule has 3 aromatic heterocycles. The van der Waals surface area contributed by atoms with E-state index in [1.54, 1.807) is 6.07 Å². The number of nitrogens with zero attached hydrogens (tertiary/aromatic N) is 2. The van der Waals surface area contributed by atoms with Gasteiger partial charge in [-0.05, 0) is 35.9 Å². The molecule has 1 N–H and O–H groups in total. The van der Waals surface area contributed by atoms with Gasteiger partial charge < -0.3 is 28.6 Å².